The molecule has 0 radical (unpaired) electrons. The van der Waals surface area contributed by atoms with E-state index in [4.69, 9.17) is 5.73 Å². The summed E-state index contributed by atoms with van der Waals surface area (Å²) in [6.07, 6.45) is 4.85. The zero-order chi connectivity index (χ0) is 14.5. The Morgan fingerprint density at radius 3 is 2.60 bits per heavy atom. The summed E-state index contributed by atoms with van der Waals surface area (Å²) < 4.78 is 28.1. The Morgan fingerprint density at radius 2 is 1.90 bits per heavy atom. The monoisotopic (exact) mass is 277 g/mol. The molecule has 1 aromatic carbocycles. The van der Waals surface area contributed by atoms with Gasteiger partial charge in [-0.3, -0.25) is 0 Å². The molecular formula is C15H17F2N3. The van der Waals surface area contributed by atoms with Crippen molar-refractivity contribution in [2.75, 3.05) is 5.73 Å². The van der Waals surface area contributed by atoms with E-state index >= 15 is 0 Å². The fourth-order valence-electron chi connectivity index (χ4n) is 2.02. The molecule has 0 aliphatic heterocycles. The Hall–Kier alpha value is -2.04. The molecule has 2 rings (SSSR count). The first kappa shape index (κ1) is 14.4. The second-order valence-electron chi connectivity index (χ2n) is 4.66. The van der Waals surface area contributed by atoms with Gasteiger partial charge in [-0.05, 0) is 30.5 Å². The molecule has 2 aromatic rings. The molecule has 20 heavy (non-hydrogen) atoms. The molecule has 0 atom stereocenters. The van der Waals surface area contributed by atoms with E-state index in [1.165, 1.54) is 18.3 Å². The minimum Gasteiger partial charge on any atom is -0.384 e. The van der Waals surface area contributed by atoms with Crippen LogP contribution >= 0.6 is 0 Å². The van der Waals surface area contributed by atoms with E-state index in [0.717, 1.165) is 19.3 Å². The van der Waals surface area contributed by atoms with Crippen LogP contribution in [0.4, 0.5) is 14.6 Å². The molecule has 1 heterocycles. The van der Waals surface area contributed by atoms with Crippen LogP contribution < -0.4 is 5.73 Å². The third kappa shape index (κ3) is 3.10. The lowest BCUT2D eigenvalue weighted by atomic mass is 10.0. The van der Waals surface area contributed by atoms with Gasteiger partial charge in [0.2, 0.25) is 0 Å². The van der Waals surface area contributed by atoms with Crippen LogP contribution in [0.3, 0.4) is 0 Å². The summed E-state index contributed by atoms with van der Waals surface area (Å²) in [6.45, 7) is 2.07. The summed E-state index contributed by atoms with van der Waals surface area (Å²) in [5.41, 5.74) is 5.96. The van der Waals surface area contributed by atoms with E-state index in [1.807, 2.05) is 0 Å². The number of aromatic nitrogens is 2. The molecule has 0 aliphatic rings. The quantitative estimate of drug-likeness (QED) is 0.847. The van der Waals surface area contributed by atoms with Crippen LogP contribution in [-0.4, -0.2) is 9.97 Å². The Labute approximate surface area is 116 Å². The van der Waals surface area contributed by atoms with E-state index in [0.29, 0.717) is 12.0 Å². The Bertz CT molecular complexity index is 600. The molecule has 0 amide bonds. The Kier molecular flexibility index (Phi) is 4.61. The molecule has 0 saturated heterocycles. The van der Waals surface area contributed by atoms with Gasteiger partial charge in [0.1, 0.15) is 5.82 Å². The van der Waals surface area contributed by atoms with Crippen LogP contribution in [0.1, 0.15) is 31.7 Å². The van der Waals surface area contributed by atoms with Crippen LogP contribution in [0.2, 0.25) is 0 Å². The third-order valence-electron chi connectivity index (χ3n) is 3.13. The van der Waals surface area contributed by atoms with Crippen molar-refractivity contribution in [3.05, 3.63) is 41.6 Å². The van der Waals surface area contributed by atoms with Crippen LogP contribution in [0.15, 0.2) is 24.4 Å². The summed E-state index contributed by atoms with van der Waals surface area (Å²) in [5.74, 6) is -1.41. The number of benzene rings is 1. The van der Waals surface area contributed by atoms with Gasteiger partial charge in [0.25, 0.3) is 0 Å². The van der Waals surface area contributed by atoms with Crippen molar-refractivity contribution in [2.24, 2.45) is 0 Å². The maximum Gasteiger partial charge on any atom is 0.170 e. The first-order valence-electron chi connectivity index (χ1n) is 6.69. The van der Waals surface area contributed by atoms with Gasteiger partial charge in [0.15, 0.2) is 17.5 Å². The van der Waals surface area contributed by atoms with Gasteiger partial charge in [-0.25, -0.2) is 18.7 Å². The molecule has 0 unspecified atom stereocenters. The van der Waals surface area contributed by atoms with E-state index < -0.39 is 11.6 Å². The van der Waals surface area contributed by atoms with Crippen LogP contribution in [-0.2, 0) is 6.42 Å². The molecule has 3 nitrogen and oxygen atoms in total. The summed E-state index contributed by atoms with van der Waals surface area (Å²) in [4.78, 5) is 7.83. The predicted octanol–water partition coefficient (Wildman–Crippen LogP) is 3.74. The van der Waals surface area contributed by atoms with Gasteiger partial charge < -0.3 is 5.73 Å². The zero-order valence-corrected chi connectivity index (χ0v) is 11.4. The number of hydrogen-bond acceptors (Lipinski definition) is 3. The molecule has 0 saturated carbocycles. The van der Waals surface area contributed by atoms with Crippen molar-refractivity contribution in [3.8, 4) is 11.4 Å². The number of nitrogens with zero attached hydrogens (tertiary/aromatic N) is 2. The molecule has 2 N–H and O–H groups in total. The minimum atomic E-state index is -0.912. The second kappa shape index (κ2) is 6.41. The van der Waals surface area contributed by atoms with Crippen LogP contribution in [0.5, 0.6) is 0 Å². The average molecular weight is 277 g/mol. The number of aryl methyl sites for hydroxylation is 1. The van der Waals surface area contributed by atoms with Crippen molar-refractivity contribution in [3.63, 3.8) is 0 Å². The van der Waals surface area contributed by atoms with Crippen LogP contribution in [0.25, 0.3) is 11.4 Å². The van der Waals surface area contributed by atoms with Crippen molar-refractivity contribution >= 4 is 5.82 Å². The predicted molar refractivity (Wildman–Crippen MR) is 75.0 cm³/mol. The van der Waals surface area contributed by atoms with Gasteiger partial charge in [0.05, 0.1) is 5.56 Å². The van der Waals surface area contributed by atoms with Gasteiger partial charge in [0, 0.05) is 6.20 Å². The second-order valence-corrected chi connectivity index (χ2v) is 4.66. The van der Waals surface area contributed by atoms with Crippen molar-refractivity contribution in [1.82, 2.24) is 9.97 Å². The molecule has 106 valence electrons. The molecule has 1 aromatic heterocycles. The number of halogens is 2. The maximum absolute atomic E-state index is 14.1. The van der Waals surface area contributed by atoms with Gasteiger partial charge in [-0.2, -0.15) is 0 Å². The van der Waals surface area contributed by atoms with Crippen molar-refractivity contribution < 1.29 is 8.78 Å². The SMILES string of the molecule is CCCCCc1ccc(-c2nccc(N)n2)c(F)c1F. The smallest absolute Gasteiger partial charge is 0.170 e. The number of nitrogen functional groups attached to an aromatic ring is 1. The van der Waals surface area contributed by atoms with E-state index in [-0.39, 0.29) is 17.2 Å². The first-order chi connectivity index (χ1) is 9.63. The van der Waals surface area contributed by atoms with Crippen LogP contribution in [0, 0.1) is 11.6 Å². The van der Waals surface area contributed by atoms with E-state index in [9.17, 15) is 8.78 Å². The summed E-state index contributed by atoms with van der Waals surface area (Å²) >= 11 is 0. The minimum absolute atomic E-state index is 0.0361. The zero-order valence-electron chi connectivity index (χ0n) is 11.4. The van der Waals surface area contributed by atoms with Gasteiger partial charge in [-0.1, -0.05) is 25.8 Å². The molecule has 0 bridgehead atoms. The number of nitrogens with two attached hydrogens (primary N) is 1. The summed E-state index contributed by atoms with van der Waals surface area (Å²) in [7, 11) is 0. The lowest BCUT2D eigenvalue weighted by molar-refractivity contribution is 0.498. The lowest BCUT2D eigenvalue weighted by Crippen LogP contribution is -2.01. The van der Waals surface area contributed by atoms with E-state index in [2.05, 4.69) is 16.9 Å². The number of unbranched alkanes of at least 4 members (excludes halogenated alkanes) is 2. The summed E-state index contributed by atoms with van der Waals surface area (Å²) in [6, 6.07) is 4.60. The number of anilines is 1. The number of rotatable bonds is 5. The number of hydrogen-bond donors (Lipinski definition) is 1. The topological polar surface area (TPSA) is 51.8 Å². The fourth-order valence-corrected chi connectivity index (χ4v) is 2.02. The molecule has 5 heteroatoms. The molecular weight excluding hydrogens is 260 g/mol. The van der Waals surface area contributed by atoms with Crippen molar-refractivity contribution in [1.29, 1.82) is 0 Å². The highest BCUT2D eigenvalue weighted by atomic mass is 19.2. The van der Waals surface area contributed by atoms with Gasteiger partial charge in [-0.15, -0.1) is 0 Å². The molecule has 0 aliphatic carbocycles. The average Bonchev–Trinajstić information content (AvgIpc) is 2.44. The Balaban J connectivity index is 2.31. The normalized spacial score (nSPS) is 10.8. The largest absolute Gasteiger partial charge is 0.384 e. The van der Waals surface area contributed by atoms with E-state index in [1.54, 1.807) is 6.07 Å². The van der Waals surface area contributed by atoms with Gasteiger partial charge >= 0.3 is 0 Å². The lowest BCUT2D eigenvalue weighted by Gasteiger charge is -2.08. The third-order valence-corrected chi connectivity index (χ3v) is 3.13. The molecule has 0 spiro atoms. The summed E-state index contributed by atoms with van der Waals surface area (Å²) in [5, 5.41) is 0. The first-order valence-corrected chi connectivity index (χ1v) is 6.69. The standard InChI is InChI=1S/C15H17F2N3/c1-2-3-4-5-10-6-7-11(14(17)13(10)16)15-19-9-8-12(18)20-15/h6-9H,2-5H2,1H3,(H2,18,19,20). The highest BCUT2D eigenvalue weighted by molar-refractivity contribution is 5.58. The molecule has 0 fully saturated rings. The van der Waals surface area contributed by atoms with Crippen molar-refractivity contribution in [2.45, 2.75) is 32.6 Å². The fraction of sp³-hybridized carbons (Fsp3) is 0.333. The highest BCUT2D eigenvalue weighted by Gasteiger charge is 2.16. The highest BCUT2D eigenvalue weighted by Crippen LogP contribution is 2.25. The maximum atomic E-state index is 14.1. The Morgan fingerprint density at radius 1 is 1.10 bits per heavy atom.